The largest absolute Gasteiger partial charge is 0.505 e. The van der Waals surface area contributed by atoms with Crippen molar-refractivity contribution >= 4 is 40.4 Å². The van der Waals surface area contributed by atoms with E-state index in [1.807, 2.05) is 20.8 Å². The molecular formula is C24H38N4O6PS+. The Morgan fingerprint density at radius 2 is 1.81 bits per heavy atom. The number of hydrogen-bond acceptors (Lipinski definition) is 8. The molecule has 0 fully saturated rings. The van der Waals surface area contributed by atoms with Crippen LogP contribution in [-0.2, 0) is 26.5 Å². The molecular weight excluding hydrogens is 503 g/mol. The summed E-state index contributed by atoms with van der Waals surface area (Å²) in [7, 11) is -7.17. The fourth-order valence-electron chi connectivity index (χ4n) is 4.12. The molecule has 0 bridgehead atoms. The van der Waals surface area contributed by atoms with Gasteiger partial charge in [-0.25, -0.2) is 8.42 Å². The van der Waals surface area contributed by atoms with Crippen LogP contribution >= 0.6 is 7.87 Å². The van der Waals surface area contributed by atoms with Crippen molar-refractivity contribution in [1.82, 2.24) is 4.57 Å². The molecule has 0 radical (unpaired) electrons. The van der Waals surface area contributed by atoms with E-state index in [2.05, 4.69) is 35.6 Å². The van der Waals surface area contributed by atoms with Crippen molar-refractivity contribution in [2.24, 2.45) is 10.2 Å². The van der Waals surface area contributed by atoms with E-state index in [0.717, 1.165) is 12.7 Å². The summed E-state index contributed by atoms with van der Waals surface area (Å²) >= 11 is 0. The van der Waals surface area contributed by atoms with Crippen LogP contribution in [0.15, 0.2) is 23.0 Å². The highest BCUT2D eigenvalue weighted by molar-refractivity contribution is 7.92. The fourth-order valence-corrected chi connectivity index (χ4v) is 6.52. The van der Waals surface area contributed by atoms with Gasteiger partial charge in [-0.2, -0.15) is 9.42 Å². The average Bonchev–Trinajstić information content (AvgIpc) is 2.95. The van der Waals surface area contributed by atoms with Crippen LogP contribution in [0, 0.1) is 5.41 Å². The van der Waals surface area contributed by atoms with Gasteiger partial charge in [0.1, 0.15) is 5.56 Å². The zero-order valence-corrected chi connectivity index (χ0v) is 23.9. The van der Waals surface area contributed by atoms with Crippen LogP contribution in [0.4, 0.5) is 11.4 Å². The quantitative estimate of drug-likeness (QED) is 0.329. The lowest BCUT2D eigenvalue weighted by atomic mass is 9.89. The van der Waals surface area contributed by atoms with Gasteiger partial charge < -0.3 is 20.1 Å². The van der Waals surface area contributed by atoms with E-state index < -0.39 is 23.3 Å². The number of rotatable bonds is 7. The van der Waals surface area contributed by atoms with Crippen LogP contribution in [0.1, 0.15) is 66.1 Å². The van der Waals surface area contributed by atoms with Crippen molar-refractivity contribution in [1.29, 1.82) is 0 Å². The lowest BCUT2D eigenvalue weighted by Crippen LogP contribution is -2.29. The molecule has 200 valence electrons. The van der Waals surface area contributed by atoms with Gasteiger partial charge in [-0.3, -0.25) is 4.72 Å². The van der Waals surface area contributed by atoms with E-state index in [9.17, 15) is 23.5 Å². The molecule has 0 spiro atoms. The first-order chi connectivity index (χ1) is 16.4. The van der Waals surface area contributed by atoms with Crippen LogP contribution < -0.4 is 15.3 Å². The second kappa shape index (κ2) is 9.52. The smallest absolute Gasteiger partial charge is 0.432 e. The molecule has 1 atom stereocenters. The summed E-state index contributed by atoms with van der Waals surface area (Å²) in [5.41, 5.74) is 0.824. The number of anilines is 2. The first-order valence-corrected chi connectivity index (χ1v) is 15.3. The van der Waals surface area contributed by atoms with Crippen molar-refractivity contribution in [3.05, 3.63) is 29.5 Å². The van der Waals surface area contributed by atoms with E-state index >= 15 is 0 Å². The number of nitrogens with one attached hydrogen (secondary N) is 2. The maximum atomic E-state index is 11.7. The van der Waals surface area contributed by atoms with Gasteiger partial charge in [0.2, 0.25) is 21.2 Å². The summed E-state index contributed by atoms with van der Waals surface area (Å²) < 4.78 is 37.7. The van der Waals surface area contributed by atoms with Crippen LogP contribution in [0.5, 0.6) is 11.6 Å². The zero-order valence-electron chi connectivity index (χ0n) is 22.2. The number of fused-ring (bicyclic) bond motifs is 1. The fraction of sp³-hybridized carbons (Fsp3) is 0.542. The first kappa shape index (κ1) is 28.2. The zero-order chi connectivity index (χ0) is 27.3. The van der Waals surface area contributed by atoms with Crippen LogP contribution in [-0.4, -0.2) is 46.8 Å². The predicted octanol–water partition coefficient (Wildman–Crippen LogP) is 4.29. The van der Waals surface area contributed by atoms with Gasteiger partial charge in [-0.1, -0.05) is 41.5 Å². The number of amidine groups is 1. The number of nitrogens with zero attached hydrogens (tertiary/aromatic N) is 2. The lowest BCUT2D eigenvalue weighted by Gasteiger charge is -2.25. The molecule has 0 amide bonds. The monoisotopic (exact) mass is 541 g/mol. The third-order valence-electron chi connectivity index (χ3n) is 5.66. The molecule has 3 rings (SSSR count). The molecule has 2 aromatic rings. The van der Waals surface area contributed by atoms with Gasteiger partial charge in [-0.15, -0.1) is 0 Å². The molecule has 1 aliphatic heterocycles. The predicted molar refractivity (Wildman–Crippen MR) is 146 cm³/mol. The van der Waals surface area contributed by atoms with E-state index in [-0.39, 0.29) is 40.7 Å². The summed E-state index contributed by atoms with van der Waals surface area (Å²) in [5, 5.41) is 26.0. The number of benzene rings is 1. The third kappa shape index (κ3) is 5.96. The summed E-state index contributed by atoms with van der Waals surface area (Å²) in [4.78, 5) is 11.5. The Balaban J connectivity index is 2.18. The summed E-state index contributed by atoms with van der Waals surface area (Å²) in [6.45, 7) is 14.5. The minimum atomic E-state index is -3.64. The molecule has 1 aromatic heterocycles. The Hall–Kier alpha value is -2.33. The standard InChI is InChI=1S/C24H37N4O6PS/c1-9-34-35(31)17-14-15(27-36(8,32)33)10-11-16(17)25-21(26-35)18-19(29)20(24(5,6)7)28(22(18)30)13-12-23(2,3)4/h10-11,14,27,31H,9,12-13H2,1-8H3,(H2-,25,26,29,30)/p+1. The number of aromatic nitrogens is 1. The second-order valence-corrected chi connectivity index (χ2v) is 15.0. The van der Waals surface area contributed by atoms with Crippen LogP contribution in [0.3, 0.4) is 0 Å². The minimum absolute atomic E-state index is 0.000343. The van der Waals surface area contributed by atoms with Gasteiger partial charge in [0.15, 0.2) is 11.6 Å². The van der Waals surface area contributed by atoms with Gasteiger partial charge >= 0.3 is 7.87 Å². The van der Waals surface area contributed by atoms with Crippen LogP contribution in [0.2, 0.25) is 0 Å². The summed E-state index contributed by atoms with van der Waals surface area (Å²) in [6.07, 6.45) is 1.79. The van der Waals surface area contributed by atoms with Gasteiger partial charge in [0.05, 0.1) is 29.9 Å². The summed E-state index contributed by atoms with van der Waals surface area (Å²) in [5.74, 6) is -0.206. The third-order valence-corrected chi connectivity index (χ3v) is 8.35. The molecule has 10 nitrogen and oxygen atoms in total. The molecule has 1 aliphatic rings. The Morgan fingerprint density at radius 1 is 1.17 bits per heavy atom. The molecule has 0 saturated heterocycles. The Morgan fingerprint density at radius 3 is 2.33 bits per heavy atom. The van der Waals surface area contributed by atoms with Crippen molar-refractivity contribution < 1.29 is 28.0 Å². The maximum absolute atomic E-state index is 11.7. The Bertz CT molecular complexity index is 1290. The minimum Gasteiger partial charge on any atom is -0.505 e. The SMILES string of the molecule is CCO[P+]1(O)N=C(c2c(O)c(C(C)(C)C)n(CCC(C)(C)C)c2O)Nc2ccc(NS(C)(=O)=O)cc21. The number of sulfonamides is 1. The van der Waals surface area contributed by atoms with E-state index in [1.54, 1.807) is 23.6 Å². The molecule has 1 unspecified atom stereocenters. The number of aromatic hydroxyl groups is 2. The second-order valence-electron chi connectivity index (χ2n) is 11.2. The first-order valence-electron chi connectivity index (χ1n) is 11.8. The molecule has 0 aliphatic carbocycles. The van der Waals surface area contributed by atoms with E-state index in [0.29, 0.717) is 23.2 Å². The Kier molecular flexibility index (Phi) is 7.47. The van der Waals surface area contributed by atoms with Gasteiger partial charge in [-0.05, 0) is 35.7 Å². The highest BCUT2D eigenvalue weighted by Crippen LogP contribution is 2.60. The van der Waals surface area contributed by atoms with Gasteiger partial charge in [0.25, 0.3) is 0 Å². The molecule has 12 heteroatoms. The van der Waals surface area contributed by atoms with Crippen molar-refractivity contribution in [2.75, 3.05) is 22.9 Å². The lowest BCUT2D eigenvalue weighted by molar-refractivity contribution is 0.318. The van der Waals surface area contributed by atoms with Gasteiger partial charge in [0, 0.05) is 18.0 Å². The van der Waals surface area contributed by atoms with Crippen molar-refractivity contribution in [3.8, 4) is 11.6 Å². The summed E-state index contributed by atoms with van der Waals surface area (Å²) in [6, 6.07) is 4.61. The molecule has 2 heterocycles. The van der Waals surface area contributed by atoms with E-state index in [4.69, 9.17) is 4.52 Å². The molecule has 36 heavy (non-hydrogen) atoms. The molecule has 5 N–H and O–H groups in total. The molecule has 0 saturated carbocycles. The van der Waals surface area contributed by atoms with Crippen molar-refractivity contribution in [3.63, 3.8) is 0 Å². The topological polar surface area (TPSA) is 145 Å². The van der Waals surface area contributed by atoms with Crippen molar-refractivity contribution in [2.45, 2.75) is 66.8 Å². The normalized spacial score (nSPS) is 18.4. The highest BCUT2D eigenvalue weighted by Gasteiger charge is 2.49. The number of hydrogen-bond donors (Lipinski definition) is 5. The molecule has 1 aromatic carbocycles. The van der Waals surface area contributed by atoms with E-state index in [1.165, 1.54) is 6.07 Å². The average molecular weight is 542 g/mol. The van der Waals surface area contributed by atoms with Crippen LogP contribution in [0.25, 0.3) is 0 Å². The highest BCUT2D eigenvalue weighted by atomic mass is 32.2. The Labute approximate surface area is 214 Å². The maximum Gasteiger partial charge on any atom is 0.432 e.